The summed E-state index contributed by atoms with van der Waals surface area (Å²) in [6.45, 7) is 6.25. The highest BCUT2D eigenvalue weighted by atomic mass is 32.1. The Kier molecular flexibility index (Phi) is 7.54. The van der Waals surface area contributed by atoms with E-state index >= 15 is 0 Å². The topological polar surface area (TPSA) is 73.9 Å². The molecule has 6 nitrogen and oxygen atoms in total. The maximum Gasteiger partial charge on any atom is 0.336 e. The van der Waals surface area contributed by atoms with Crippen molar-refractivity contribution in [2.24, 2.45) is 0 Å². The third-order valence-electron chi connectivity index (χ3n) is 6.22. The number of dihydropyridines is 1. The molecule has 180 valence electrons. The predicted octanol–water partition coefficient (Wildman–Crippen LogP) is 5.09. The molecule has 0 spiro atoms. The highest BCUT2D eigenvalue weighted by Crippen LogP contribution is 2.47. The molecule has 1 aromatic carbocycles. The number of benzene rings is 1. The minimum Gasteiger partial charge on any atom is -0.496 e. The zero-order chi connectivity index (χ0) is 24.2. The average Bonchev–Trinajstić information content (AvgIpc) is 3.35. The number of methoxy groups -OCH3 is 1. The molecule has 0 amide bonds. The van der Waals surface area contributed by atoms with Crippen molar-refractivity contribution < 1.29 is 23.8 Å². The lowest BCUT2D eigenvalue weighted by Crippen LogP contribution is -2.36. The van der Waals surface area contributed by atoms with Crippen LogP contribution in [-0.4, -0.2) is 38.2 Å². The number of hydrogen-bond donors (Lipinski definition) is 1. The molecule has 2 aromatic rings. The number of carbonyl (C=O) groups is 2. The fraction of sp³-hybridized carbons (Fsp3) is 0.407. The van der Waals surface area contributed by atoms with Crippen LogP contribution in [0.2, 0.25) is 0 Å². The van der Waals surface area contributed by atoms with Gasteiger partial charge in [0.05, 0.1) is 31.3 Å². The van der Waals surface area contributed by atoms with Gasteiger partial charge in [-0.1, -0.05) is 24.3 Å². The van der Waals surface area contributed by atoms with Crippen molar-refractivity contribution in [1.82, 2.24) is 5.32 Å². The van der Waals surface area contributed by atoms with Gasteiger partial charge in [-0.2, -0.15) is 0 Å². The van der Waals surface area contributed by atoms with Crippen molar-refractivity contribution in [2.45, 2.75) is 51.6 Å². The number of allylic oxidation sites excluding steroid dienone is 3. The summed E-state index contributed by atoms with van der Waals surface area (Å²) in [6.07, 6.45) is 1.11. The summed E-state index contributed by atoms with van der Waals surface area (Å²) in [6, 6.07) is 11.8. The number of thiophene rings is 1. The minimum atomic E-state index is -0.430. The first kappa shape index (κ1) is 24.2. The molecule has 2 heterocycles. The number of esters is 1. The molecule has 7 heteroatoms. The molecule has 1 aliphatic heterocycles. The predicted molar refractivity (Wildman–Crippen MR) is 132 cm³/mol. The van der Waals surface area contributed by atoms with E-state index in [9.17, 15) is 9.59 Å². The Bertz CT molecular complexity index is 1120. The molecule has 0 fully saturated rings. The Morgan fingerprint density at radius 3 is 2.65 bits per heavy atom. The van der Waals surface area contributed by atoms with Gasteiger partial charge < -0.3 is 19.5 Å². The molecule has 0 saturated carbocycles. The van der Waals surface area contributed by atoms with Crippen LogP contribution in [0.3, 0.4) is 0 Å². The third-order valence-corrected chi connectivity index (χ3v) is 7.16. The molecule has 34 heavy (non-hydrogen) atoms. The van der Waals surface area contributed by atoms with Crippen LogP contribution in [0.5, 0.6) is 5.75 Å². The van der Waals surface area contributed by atoms with Crippen LogP contribution in [0, 0.1) is 0 Å². The van der Waals surface area contributed by atoms with Crippen molar-refractivity contribution in [2.75, 3.05) is 20.3 Å². The van der Waals surface area contributed by atoms with E-state index in [2.05, 4.69) is 5.32 Å². The first-order chi connectivity index (χ1) is 16.4. The number of hydrogen-bond acceptors (Lipinski definition) is 7. The highest BCUT2D eigenvalue weighted by molar-refractivity contribution is 7.10. The molecule has 1 N–H and O–H groups in total. The van der Waals surface area contributed by atoms with Crippen molar-refractivity contribution in [3.63, 3.8) is 0 Å². The largest absolute Gasteiger partial charge is 0.496 e. The summed E-state index contributed by atoms with van der Waals surface area (Å²) in [5.41, 5.74) is 3.79. The van der Waals surface area contributed by atoms with Gasteiger partial charge in [0.15, 0.2) is 5.78 Å². The maximum atomic E-state index is 13.6. The van der Waals surface area contributed by atoms with E-state index < -0.39 is 11.9 Å². The first-order valence-electron chi connectivity index (χ1n) is 11.6. The van der Waals surface area contributed by atoms with Gasteiger partial charge in [0.25, 0.3) is 0 Å². The fourth-order valence-corrected chi connectivity index (χ4v) is 5.61. The lowest BCUT2D eigenvalue weighted by molar-refractivity contribution is -0.141. The fourth-order valence-electron chi connectivity index (χ4n) is 4.77. The molecular formula is C27H31NO5S. The molecule has 0 saturated heterocycles. The maximum absolute atomic E-state index is 13.6. The Morgan fingerprint density at radius 1 is 1.15 bits per heavy atom. The second-order valence-electron chi connectivity index (χ2n) is 8.83. The zero-order valence-electron chi connectivity index (χ0n) is 20.1. The van der Waals surface area contributed by atoms with Crippen LogP contribution < -0.4 is 10.1 Å². The van der Waals surface area contributed by atoms with E-state index in [0.29, 0.717) is 30.6 Å². The Hall–Kier alpha value is -2.90. The lowest BCUT2D eigenvalue weighted by Gasteiger charge is -2.36. The number of ether oxygens (including phenoxy) is 3. The highest BCUT2D eigenvalue weighted by Gasteiger charge is 2.42. The molecule has 0 bridgehead atoms. The number of Topliss-reactive ketones (excluding diaryl/α,β-unsaturated/α-hetero) is 1. The first-order valence-corrected chi connectivity index (χ1v) is 12.5. The van der Waals surface area contributed by atoms with Gasteiger partial charge in [-0.15, -0.1) is 11.3 Å². The number of nitrogens with one attached hydrogen (secondary N) is 1. The van der Waals surface area contributed by atoms with Gasteiger partial charge in [-0.25, -0.2) is 4.79 Å². The average molecular weight is 482 g/mol. The number of rotatable bonds is 8. The van der Waals surface area contributed by atoms with Crippen LogP contribution in [0.15, 0.2) is 64.3 Å². The van der Waals surface area contributed by atoms with E-state index in [0.717, 1.165) is 27.6 Å². The van der Waals surface area contributed by atoms with Gasteiger partial charge in [0.1, 0.15) is 12.4 Å². The van der Waals surface area contributed by atoms with Crippen molar-refractivity contribution in [3.8, 4) is 5.75 Å². The van der Waals surface area contributed by atoms with Crippen LogP contribution in [-0.2, 0) is 19.1 Å². The van der Waals surface area contributed by atoms with E-state index in [1.54, 1.807) is 18.4 Å². The zero-order valence-corrected chi connectivity index (χ0v) is 20.9. The molecule has 2 atom stereocenters. The summed E-state index contributed by atoms with van der Waals surface area (Å²) in [5.74, 6) is -0.00433. The SMILES string of the molecule is COc1ccccc1[C@H]1CC(=O)C2=C(C1)NC(C)=C(C(=O)OCCOC(C)C)[C@H]2c1cccs1. The monoisotopic (exact) mass is 481 g/mol. The van der Waals surface area contributed by atoms with E-state index in [1.807, 2.05) is 62.5 Å². The molecule has 1 aromatic heterocycles. The molecule has 4 rings (SSSR count). The van der Waals surface area contributed by atoms with Gasteiger partial charge in [-0.05, 0) is 50.3 Å². The summed E-state index contributed by atoms with van der Waals surface area (Å²) in [7, 11) is 1.65. The van der Waals surface area contributed by atoms with Gasteiger partial charge in [0, 0.05) is 34.2 Å². The van der Waals surface area contributed by atoms with Crippen molar-refractivity contribution >= 4 is 23.1 Å². The number of ketones is 1. The molecule has 0 unspecified atom stereocenters. The van der Waals surface area contributed by atoms with E-state index in [1.165, 1.54) is 0 Å². The van der Waals surface area contributed by atoms with Crippen molar-refractivity contribution in [3.05, 3.63) is 74.8 Å². The number of carbonyl (C=O) groups excluding carboxylic acids is 2. The van der Waals surface area contributed by atoms with Crippen LogP contribution >= 0.6 is 11.3 Å². The Morgan fingerprint density at radius 2 is 1.94 bits per heavy atom. The number of para-hydroxylation sites is 1. The van der Waals surface area contributed by atoms with Crippen LogP contribution in [0.4, 0.5) is 0 Å². The smallest absolute Gasteiger partial charge is 0.336 e. The summed E-state index contributed by atoms with van der Waals surface area (Å²) < 4.78 is 16.6. The van der Waals surface area contributed by atoms with E-state index in [4.69, 9.17) is 14.2 Å². The quantitative estimate of drug-likeness (QED) is 0.418. The molecular weight excluding hydrogens is 450 g/mol. The van der Waals surface area contributed by atoms with Crippen LogP contribution in [0.25, 0.3) is 0 Å². The lowest BCUT2D eigenvalue weighted by atomic mass is 9.73. The minimum absolute atomic E-state index is 0.00775. The summed E-state index contributed by atoms with van der Waals surface area (Å²) in [4.78, 5) is 27.7. The normalized spacial score (nSPS) is 20.3. The molecule has 1 aliphatic carbocycles. The Balaban J connectivity index is 1.65. The molecule has 2 aliphatic rings. The van der Waals surface area contributed by atoms with Crippen LogP contribution in [0.1, 0.15) is 55.9 Å². The van der Waals surface area contributed by atoms with Crippen molar-refractivity contribution in [1.29, 1.82) is 0 Å². The summed E-state index contributed by atoms with van der Waals surface area (Å²) >= 11 is 1.55. The van der Waals surface area contributed by atoms with Gasteiger partial charge in [0.2, 0.25) is 0 Å². The standard InChI is InChI=1S/C27H31NO5S/c1-16(2)32-11-12-33-27(30)24-17(3)28-20-14-18(19-8-5-6-9-22(19)31-4)15-21(29)25(20)26(24)23-10-7-13-34-23/h5-10,13,16,18,26,28H,11-12,14-15H2,1-4H3/t18-,26-/m1/s1. The Labute approximate surface area is 204 Å². The second-order valence-corrected chi connectivity index (χ2v) is 9.81. The molecule has 0 radical (unpaired) electrons. The third kappa shape index (κ3) is 4.95. The van der Waals surface area contributed by atoms with Gasteiger partial charge in [-0.3, -0.25) is 4.79 Å². The van der Waals surface area contributed by atoms with E-state index in [-0.39, 0.29) is 24.4 Å². The van der Waals surface area contributed by atoms with Gasteiger partial charge >= 0.3 is 5.97 Å². The summed E-state index contributed by atoms with van der Waals surface area (Å²) in [5, 5.41) is 5.36. The second kappa shape index (κ2) is 10.6.